The highest BCUT2D eigenvalue weighted by Crippen LogP contribution is 2.64. The quantitative estimate of drug-likeness (QED) is 0.165. The number of anilines is 8. The van der Waals surface area contributed by atoms with Crippen molar-refractivity contribution in [2.75, 3.05) is 14.7 Å². The predicted octanol–water partition coefficient (Wildman–Crippen LogP) is 19.4. The largest absolute Gasteiger partial charge is 0.468 e. The maximum Gasteiger partial charge on any atom is 0.297 e. The zero-order chi connectivity index (χ0) is 57.9. The van der Waals surface area contributed by atoms with Crippen molar-refractivity contribution in [1.29, 1.82) is 0 Å². The molecule has 6 aromatic carbocycles. The van der Waals surface area contributed by atoms with Crippen LogP contribution in [0.3, 0.4) is 0 Å². The van der Waals surface area contributed by atoms with Crippen molar-refractivity contribution >= 4 is 79.8 Å². The summed E-state index contributed by atoms with van der Waals surface area (Å²) in [6.45, 7) is 40.3. The van der Waals surface area contributed by atoms with Crippen LogP contribution in [0.25, 0.3) is 11.0 Å². The van der Waals surface area contributed by atoms with Gasteiger partial charge in [0.2, 0.25) is 0 Å². The Kier molecular flexibility index (Phi) is 10.3. The second-order valence-corrected chi connectivity index (χ2v) is 33.7. The average molecular weight is 1100 g/mol. The van der Waals surface area contributed by atoms with Crippen LogP contribution in [0.4, 0.5) is 45.5 Å². The molecule has 2 saturated carbocycles. The van der Waals surface area contributed by atoms with Crippen molar-refractivity contribution < 1.29 is 4.42 Å². The van der Waals surface area contributed by atoms with Crippen LogP contribution in [0.2, 0.25) is 0 Å². The van der Waals surface area contributed by atoms with E-state index in [1.54, 1.807) is 5.56 Å². The van der Waals surface area contributed by atoms with Gasteiger partial charge in [-0.3, -0.25) is 0 Å². The third-order valence-corrected chi connectivity index (χ3v) is 26.0. The molecule has 0 N–H and O–H groups in total. The highest BCUT2D eigenvalue weighted by molar-refractivity contribution is 7.00. The summed E-state index contributed by atoms with van der Waals surface area (Å²) in [4.78, 5) is 8.43. The summed E-state index contributed by atoms with van der Waals surface area (Å²) in [6.07, 6.45) is 16.8. The minimum atomic E-state index is -0.146. The lowest BCUT2D eigenvalue weighted by Crippen LogP contribution is -2.61. The molecule has 428 valence electrons. The highest BCUT2D eigenvalue weighted by Gasteiger charge is 2.59. The number of para-hydroxylation sites is 1. The SMILES string of the molecule is CC1(C)CCC(C)(C)c2cc(N3c4cc5c(cc4B4c6oc7cc8c(cc7c6N(c6ccc7c(c6)C(C)(C)CCC7(C)C)c6cc(N7c9ccccc9C9(C)CCCCC79C)cc3c64)C3(C)CCC8(C)CC3)C(C)(C)CCC5(C)C)ccc21. The van der Waals surface area contributed by atoms with Crippen LogP contribution in [0, 0.1) is 0 Å². The molecule has 0 spiro atoms. The van der Waals surface area contributed by atoms with Crippen LogP contribution < -0.4 is 31.3 Å². The lowest BCUT2D eigenvalue weighted by atomic mass is 9.35. The molecule has 7 aromatic rings. The number of fused-ring (bicyclic) bond motifs is 14. The Hall–Kier alpha value is -5.68. The molecule has 3 aliphatic heterocycles. The van der Waals surface area contributed by atoms with Crippen LogP contribution in [-0.4, -0.2) is 12.3 Å². The summed E-state index contributed by atoms with van der Waals surface area (Å²) in [5, 5.41) is 1.27. The van der Waals surface area contributed by atoms with Crippen LogP contribution in [0.15, 0.2) is 101 Å². The lowest BCUT2D eigenvalue weighted by molar-refractivity contribution is 0.188. The van der Waals surface area contributed by atoms with E-state index in [9.17, 15) is 0 Å². The molecule has 4 nitrogen and oxygen atoms in total. The zero-order valence-electron chi connectivity index (χ0n) is 53.5. The van der Waals surface area contributed by atoms with E-state index in [1.807, 2.05) is 0 Å². The van der Waals surface area contributed by atoms with Gasteiger partial charge in [0, 0.05) is 50.6 Å². The van der Waals surface area contributed by atoms with E-state index in [-0.39, 0.29) is 61.0 Å². The van der Waals surface area contributed by atoms with Crippen molar-refractivity contribution in [3.63, 3.8) is 0 Å². The summed E-state index contributed by atoms with van der Waals surface area (Å²) in [6, 6.07) is 41.0. The molecule has 0 saturated heterocycles. The number of hydrogen-bond donors (Lipinski definition) is 0. The van der Waals surface area contributed by atoms with Gasteiger partial charge in [-0.05, 0) is 249 Å². The molecule has 4 heterocycles. The lowest BCUT2D eigenvalue weighted by Gasteiger charge is -2.52. The van der Waals surface area contributed by atoms with Gasteiger partial charge >= 0.3 is 0 Å². The monoisotopic (exact) mass is 1100 g/mol. The normalized spacial score (nSPS) is 29.0. The smallest absolute Gasteiger partial charge is 0.297 e. The molecule has 0 amide bonds. The van der Waals surface area contributed by atoms with E-state index in [0.717, 1.165) is 36.9 Å². The van der Waals surface area contributed by atoms with Gasteiger partial charge in [0.05, 0.1) is 16.9 Å². The van der Waals surface area contributed by atoms with E-state index < -0.39 is 0 Å². The van der Waals surface area contributed by atoms with Gasteiger partial charge < -0.3 is 19.1 Å². The molecular weight excluding hydrogens is 1010 g/mol. The molecule has 2 unspecified atom stereocenters. The van der Waals surface area contributed by atoms with Gasteiger partial charge in [-0.2, -0.15) is 0 Å². The molecule has 5 heteroatoms. The summed E-state index contributed by atoms with van der Waals surface area (Å²) >= 11 is 0. The second kappa shape index (κ2) is 16.2. The van der Waals surface area contributed by atoms with Crippen LogP contribution in [-0.2, 0) is 48.7 Å². The van der Waals surface area contributed by atoms with E-state index in [4.69, 9.17) is 4.42 Å². The van der Waals surface area contributed by atoms with E-state index in [0.29, 0.717) is 0 Å². The molecule has 10 aliphatic rings. The first kappa shape index (κ1) is 52.8. The average Bonchev–Trinajstić information content (AvgIpc) is 1.73. The Labute approximate surface area is 498 Å². The van der Waals surface area contributed by atoms with Crippen molar-refractivity contribution in [2.45, 2.75) is 255 Å². The highest BCUT2D eigenvalue weighted by atomic mass is 16.3. The topological polar surface area (TPSA) is 22.9 Å². The second-order valence-electron chi connectivity index (χ2n) is 33.7. The summed E-state index contributed by atoms with van der Waals surface area (Å²) in [7, 11) is 0. The van der Waals surface area contributed by atoms with Crippen LogP contribution in [0.1, 0.15) is 251 Å². The first-order valence-corrected chi connectivity index (χ1v) is 32.8. The Bertz CT molecular complexity index is 4000. The summed E-state index contributed by atoms with van der Waals surface area (Å²) in [5.41, 5.74) is 29.2. The third-order valence-electron chi connectivity index (χ3n) is 26.0. The first-order chi connectivity index (χ1) is 39.0. The Balaban J connectivity index is 1.07. The minimum Gasteiger partial charge on any atom is -0.468 e. The molecule has 17 rings (SSSR count). The Morgan fingerprint density at radius 3 is 1.43 bits per heavy atom. The number of nitrogens with zero attached hydrogens (tertiary/aromatic N) is 3. The summed E-state index contributed by atoms with van der Waals surface area (Å²) < 4.78 is 8.00. The van der Waals surface area contributed by atoms with Crippen LogP contribution >= 0.6 is 0 Å². The Morgan fingerprint density at radius 2 is 0.855 bits per heavy atom. The van der Waals surface area contributed by atoms with Gasteiger partial charge in [-0.15, -0.1) is 0 Å². The number of hydrogen-bond acceptors (Lipinski definition) is 4. The van der Waals surface area contributed by atoms with Gasteiger partial charge in [0.15, 0.2) is 0 Å². The van der Waals surface area contributed by atoms with Crippen molar-refractivity contribution in [2.24, 2.45) is 0 Å². The standard InChI is InChI=1S/C78H92BN3O/c1-69(2)29-31-71(5,6)54-39-47(23-25-51(54)69)80-62-45-57-56(73(9,10)33-34-74(57,11)12)44-60(62)79-66-63(80)41-49(82-61-22-18-17-21-53(61)77(15)27-19-20-28-78(77,82)16)42-64(66)81(48-24-26-52-55(40-48)72(7,8)32-30-70(52,3)4)67-50-43-58-59(46-65(50)83-68(67)79)76(14)37-35-75(58,13)36-38-76/h17-18,21-26,39-46H,19-20,27-38H2,1-16H3. The van der Waals surface area contributed by atoms with Crippen molar-refractivity contribution in [1.82, 2.24) is 0 Å². The molecule has 2 fully saturated rings. The molecule has 2 bridgehead atoms. The molecule has 7 aliphatic carbocycles. The minimum absolute atomic E-state index is 0.00610. The van der Waals surface area contributed by atoms with Crippen molar-refractivity contribution in [3.05, 3.63) is 147 Å². The third kappa shape index (κ3) is 6.84. The maximum atomic E-state index is 8.00. The fourth-order valence-corrected chi connectivity index (χ4v) is 19.7. The molecule has 1 aromatic heterocycles. The van der Waals surface area contributed by atoms with Crippen molar-refractivity contribution in [3.8, 4) is 0 Å². The maximum absolute atomic E-state index is 8.00. The first-order valence-electron chi connectivity index (χ1n) is 32.8. The fraction of sp³-hybridized carbons (Fsp3) is 0.513. The van der Waals surface area contributed by atoms with E-state index >= 15 is 0 Å². The van der Waals surface area contributed by atoms with Gasteiger partial charge in [0.1, 0.15) is 5.58 Å². The van der Waals surface area contributed by atoms with E-state index in [2.05, 4.69) is 223 Å². The molecule has 83 heavy (non-hydrogen) atoms. The van der Waals surface area contributed by atoms with Crippen LogP contribution in [0.5, 0.6) is 0 Å². The number of benzene rings is 6. The molecular formula is C78H92BN3O. The molecule has 0 radical (unpaired) electrons. The van der Waals surface area contributed by atoms with Gasteiger partial charge in [-0.1, -0.05) is 153 Å². The number of furan rings is 1. The van der Waals surface area contributed by atoms with Gasteiger partial charge in [0.25, 0.3) is 6.71 Å². The zero-order valence-corrected chi connectivity index (χ0v) is 53.5. The van der Waals surface area contributed by atoms with E-state index in [1.165, 1.54) is 171 Å². The summed E-state index contributed by atoms with van der Waals surface area (Å²) in [5.74, 6) is 0. The molecule has 2 atom stereocenters. The van der Waals surface area contributed by atoms with Gasteiger partial charge in [-0.25, -0.2) is 0 Å². The number of rotatable bonds is 3. The predicted molar refractivity (Wildman–Crippen MR) is 352 cm³/mol. The Morgan fingerprint density at radius 1 is 0.373 bits per heavy atom. The fourth-order valence-electron chi connectivity index (χ4n) is 19.7.